The highest BCUT2D eigenvalue weighted by Crippen LogP contribution is 2.38. The van der Waals surface area contributed by atoms with Crippen LogP contribution in [0.4, 0.5) is 5.69 Å². The number of hydrogen-bond donors (Lipinski definition) is 1. The SMILES string of the molecule is C[N+]1(C)C=C(CN)c2cc(-n3cnnc3)ccc21. The maximum absolute atomic E-state index is 5.83. The smallest absolute Gasteiger partial charge is 0.145 e. The Morgan fingerprint density at radius 3 is 2.61 bits per heavy atom. The largest absolute Gasteiger partial charge is 0.326 e. The Bertz CT molecular complexity index is 610. The van der Waals surface area contributed by atoms with Crippen LogP contribution in [0.25, 0.3) is 11.3 Å². The maximum Gasteiger partial charge on any atom is 0.145 e. The average molecular weight is 242 g/mol. The fourth-order valence-electron chi connectivity index (χ4n) is 2.47. The van der Waals surface area contributed by atoms with Crippen molar-refractivity contribution in [2.45, 2.75) is 0 Å². The Kier molecular flexibility index (Phi) is 2.33. The topological polar surface area (TPSA) is 56.7 Å². The molecule has 18 heavy (non-hydrogen) atoms. The second-order valence-corrected chi connectivity index (χ2v) is 4.97. The molecule has 0 unspecified atom stereocenters. The molecule has 0 saturated heterocycles. The van der Waals surface area contributed by atoms with Crippen molar-refractivity contribution in [3.8, 4) is 5.69 Å². The van der Waals surface area contributed by atoms with E-state index in [0.717, 1.165) is 10.2 Å². The van der Waals surface area contributed by atoms with E-state index >= 15 is 0 Å². The summed E-state index contributed by atoms with van der Waals surface area (Å²) < 4.78 is 2.64. The molecule has 0 atom stereocenters. The lowest BCUT2D eigenvalue weighted by Gasteiger charge is -2.21. The van der Waals surface area contributed by atoms with Gasteiger partial charge in [0.1, 0.15) is 24.5 Å². The molecular weight excluding hydrogens is 226 g/mol. The summed E-state index contributed by atoms with van der Waals surface area (Å²) in [4.78, 5) is 0. The van der Waals surface area contributed by atoms with Crippen LogP contribution >= 0.6 is 0 Å². The molecule has 0 bridgehead atoms. The summed E-state index contributed by atoms with van der Waals surface area (Å²) >= 11 is 0. The van der Waals surface area contributed by atoms with Crippen molar-refractivity contribution in [3.63, 3.8) is 0 Å². The second-order valence-electron chi connectivity index (χ2n) is 4.97. The molecule has 1 aromatic carbocycles. The van der Waals surface area contributed by atoms with Crippen LogP contribution in [0.1, 0.15) is 5.56 Å². The quantitative estimate of drug-likeness (QED) is 0.804. The first-order valence-electron chi connectivity index (χ1n) is 5.87. The molecular formula is C13H16N5+. The van der Waals surface area contributed by atoms with Crippen LogP contribution in [-0.4, -0.2) is 35.4 Å². The van der Waals surface area contributed by atoms with Crippen LogP contribution in [0, 0.1) is 0 Å². The van der Waals surface area contributed by atoms with Gasteiger partial charge < -0.3 is 5.73 Å². The van der Waals surface area contributed by atoms with Crippen molar-refractivity contribution in [1.82, 2.24) is 19.2 Å². The van der Waals surface area contributed by atoms with E-state index in [1.165, 1.54) is 16.8 Å². The molecule has 1 aliphatic rings. The van der Waals surface area contributed by atoms with Crippen molar-refractivity contribution in [2.24, 2.45) is 5.73 Å². The zero-order chi connectivity index (χ0) is 12.8. The van der Waals surface area contributed by atoms with E-state index in [4.69, 9.17) is 5.73 Å². The van der Waals surface area contributed by atoms with Crippen molar-refractivity contribution in [1.29, 1.82) is 0 Å². The monoisotopic (exact) mass is 242 g/mol. The van der Waals surface area contributed by atoms with Gasteiger partial charge in [0, 0.05) is 29.4 Å². The van der Waals surface area contributed by atoms with Gasteiger partial charge in [0.25, 0.3) is 0 Å². The van der Waals surface area contributed by atoms with Crippen LogP contribution in [0.3, 0.4) is 0 Å². The number of nitrogens with zero attached hydrogens (tertiary/aromatic N) is 4. The van der Waals surface area contributed by atoms with Crippen molar-refractivity contribution < 1.29 is 0 Å². The van der Waals surface area contributed by atoms with Gasteiger partial charge in [-0.2, -0.15) is 0 Å². The lowest BCUT2D eigenvalue weighted by molar-refractivity contribution is 0.550. The molecule has 0 amide bonds. The number of aromatic nitrogens is 3. The van der Waals surface area contributed by atoms with E-state index in [1.807, 2.05) is 4.57 Å². The summed E-state index contributed by atoms with van der Waals surface area (Å²) in [6, 6.07) is 6.36. The standard InChI is InChI=1S/C13H16N5/c1-18(2)7-10(6-14)12-5-11(3-4-13(12)18)17-8-15-16-9-17/h3-5,7-9H,6,14H2,1-2H3/q+1. The minimum absolute atomic E-state index is 0.556. The van der Waals surface area contributed by atoms with Crippen LogP contribution in [0.5, 0.6) is 0 Å². The Balaban J connectivity index is 2.15. The van der Waals surface area contributed by atoms with Gasteiger partial charge in [0.2, 0.25) is 0 Å². The fraction of sp³-hybridized carbons (Fsp3) is 0.231. The highest BCUT2D eigenvalue weighted by Gasteiger charge is 2.30. The molecule has 92 valence electrons. The first kappa shape index (κ1) is 11.1. The molecule has 0 aliphatic carbocycles. The van der Waals surface area contributed by atoms with Crippen molar-refractivity contribution in [2.75, 3.05) is 20.6 Å². The summed E-state index contributed by atoms with van der Waals surface area (Å²) in [6.45, 7) is 0.556. The number of rotatable bonds is 2. The molecule has 2 heterocycles. The maximum atomic E-state index is 5.83. The number of benzene rings is 1. The fourth-order valence-corrected chi connectivity index (χ4v) is 2.47. The van der Waals surface area contributed by atoms with E-state index < -0.39 is 0 Å². The lowest BCUT2D eigenvalue weighted by atomic mass is 10.1. The third kappa shape index (κ3) is 1.56. The summed E-state index contributed by atoms with van der Waals surface area (Å²) in [5, 5.41) is 7.66. The van der Waals surface area contributed by atoms with Gasteiger partial charge in [-0.05, 0) is 12.1 Å². The molecule has 2 aromatic rings. The molecule has 1 aliphatic heterocycles. The van der Waals surface area contributed by atoms with Crippen LogP contribution in [-0.2, 0) is 0 Å². The van der Waals surface area contributed by atoms with Gasteiger partial charge in [0.05, 0.1) is 14.1 Å². The van der Waals surface area contributed by atoms with Crippen molar-refractivity contribution >= 4 is 11.3 Å². The number of quaternary nitrogens is 1. The molecule has 0 spiro atoms. The first-order valence-corrected chi connectivity index (χ1v) is 5.87. The van der Waals surface area contributed by atoms with Gasteiger partial charge >= 0.3 is 0 Å². The van der Waals surface area contributed by atoms with E-state index in [-0.39, 0.29) is 0 Å². The number of hydrogen-bond acceptors (Lipinski definition) is 3. The normalized spacial score (nSPS) is 16.5. The summed E-state index contributed by atoms with van der Waals surface area (Å²) in [7, 11) is 4.31. The van der Waals surface area contributed by atoms with Gasteiger partial charge in [-0.1, -0.05) is 0 Å². The van der Waals surface area contributed by atoms with Crippen LogP contribution in [0.2, 0.25) is 0 Å². The van der Waals surface area contributed by atoms with Gasteiger partial charge in [-0.3, -0.25) is 9.05 Å². The predicted molar refractivity (Wildman–Crippen MR) is 72.0 cm³/mol. The zero-order valence-corrected chi connectivity index (χ0v) is 10.5. The highest BCUT2D eigenvalue weighted by atomic mass is 15.3. The van der Waals surface area contributed by atoms with Crippen LogP contribution < -0.4 is 10.2 Å². The number of nitrogens with two attached hydrogens (primary N) is 1. The molecule has 5 nitrogen and oxygen atoms in total. The van der Waals surface area contributed by atoms with E-state index in [9.17, 15) is 0 Å². The molecule has 0 fully saturated rings. The van der Waals surface area contributed by atoms with Gasteiger partial charge in [-0.15, -0.1) is 10.2 Å². The molecule has 1 aromatic heterocycles. The lowest BCUT2D eigenvalue weighted by Crippen LogP contribution is -2.31. The average Bonchev–Trinajstić information content (AvgIpc) is 2.96. The Morgan fingerprint density at radius 2 is 1.94 bits per heavy atom. The van der Waals surface area contributed by atoms with Crippen LogP contribution in [0.15, 0.2) is 37.1 Å². The van der Waals surface area contributed by atoms with E-state index in [1.54, 1.807) is 12.7 Å². The summed E-state index contributed by atoms with van der Waals surface area (Å²) in [5.41, 5.74) is 10.6. The van der Waals surface area contributed by atoms with E-state index in [0.29, 0.717) is 6.54 Å². The molecule has 0 radical (unpaired) electrons. The second kappa shape index (κ2) is 3.76. The first-order chi connectivity index (χ1) is 8.62. The third-order valence-corrected chi connectivity index (χ3v) is 3.36. The minimum Gasteiger partial charge on any atom is -0.326 e. The third-order valence-electron chi connectivity index (χ3n) is 3.36. The Labute approximate surface area is 106 Å². The molecule has 5 heteroatoms. The molecule has 0 saturated carbocycles. The zero-order valence-electron chi connectivity index (χ0n) is 10.5. The summed E-state index contributed by atoms with van der Waals surface area (Å²) in [6.07, 6.45) is 5.59. The minimum atomic E-state index is 0.556. The Hall–Kier alpha value is -1.98. The highest BCUT2D eigenvalue weighted by molar-refractivity contribution is 5.84. The van der Waals surface area contributed by atoms with E-state index in [2.05, 4.69) is 48.7 Å². The molecule has 2 N–H and O–H groups in total. The van der Waals surface area contributed by atoms with Gasteiger partial charge in [0.15, 0.2) is 0 Å². The molecule has 3 rings (SSSR count). The van der Waals surface area contributed by atoms with Crippen molar-refractivity contribution in [3.05, 3.63) is 42.6 Å². The number of fused-ring (bicyclic) bond motifs is 1. The predicted octanol–water partition coefficient (Wildman–Crippen LogP) is 1.15. The summed E-state index contributed by atoms with van der Waals surface area (Å²) in [5.74, 6) is 0. The Morgan fingerprint density at radius 1 is 1.22 bits per heavy atom. The van der Waals surface area contributed by atoms with Gasteiger partial charge in [-0.25, -0.2) is 0 Å².